The van der Waals surface area contributed by atoms with Crippen molar-refractivity contribution >= 4 is 5.97 Å². The fourth-order valence-corrected chi connectivity index (χ4v) is 4.00. The van der Waals surface area contributed by atoms with Crippen LogP contribution in [0.5, 0.6) is 0 Å². The predicted octanol–water partition coefficient (Wildman–Crippen LogP) is 7.51. The van der Waals surface area contributed by atoms with Gasteiger partial charge in [0.15, 0.2) is 0 Å². The van der Waals surface area contributed by atoms with Crippen LogP contribution in [0.3, 0.4) is 0 Å². The van der Waals surface area contributed by atoms with E-state index in [1.54, 1.807) is 0 Å². The summed E-state index contributed by atoms with van der Waals surface area (Å²) in [5.74, 6) is 0.809. The zero-order chi connectivity index (χ0) is 21.2. The molecule has 2 unspecified atom stereocenters. The van der Waals surface area contributed by atoms with Gasteiger partial charge < -0.3 is 9.84 Å². The third-order valence-corrected chi connectivity index (χ3v) is 6.29. The lowest BCUT2D eigenvalue weighted by molar-refractivity contribution is -0.150. The molecule has 0 bridgehead atoms. The molecule has 1 saturated carbocycles. The molecule has 170 valence electrons. The molecule has 0 amide bonds. The maximum Gasteiger partial charge on any atom is 0.306 e. The van der Waals surface area contributed by atoms with E-state index in [1.165, 1.54) is 57.8 Å². The highest BCUT2D eigenvalue weighted by molar-refractivity contribution is 5.69. The zero-order valence-corrected chi connectivity index (χ0v) is 19.4. The molecule has 0 aromatic heterocycles. The topological polar surface area (TPSA) is 46.5 Å². The van der Waals surface area contributed by atoms with Gasteiger partial charge in [0.05, 0.1) is 6.10 Å². The van der Waals surface area contributed by atoms with Crippen molar-refractivity contribution in [1.82, 2.24) is 0 Å². The highest BCUT2D eigenvalue weighted by Gasteiger charge is 2.23. The Morgan fingerprint density at radius 1 is 1.00 bits per heavy atom. The van der Waals surface area contributed by atoms with Crippen LogP contribution >= 0.6 is 0 Å². The smallest absolute Gasteiger partial charge is 0.306 e. The van der Waals surface area contributed by atoms with E-state index in [0.29, 0.717) is 6.42 Å². The first-order valence-electron chi connectivity index (χ1n) is 12.7. The molecule has 1 N–H and O–H groups in total. The van der Waals surface area contributed by atoms with Crippen molar-refractivity contribution in [2.75, 3.05) is 0 Å². The number of rotatable bonds is 19. The number of unbranched alkanes of at least 4 members (excludes halogenated alkanes) is 8. The molecule has 0 aliphatic heterocycles. The monoisotopic (exact) mass is 408 g/mol. The van der Waals surface area contributed by atoms with E-state index >= 15 is 0 Å². The molecule has 0 spiro atoms. The van der Waals surface area contributed by atoms with E-state index in [1.807, 2.05) is 0 Å². The molecule has 0 radical (unpaired) electrons. The molecule has 3 heteroatoms. The largest absolute Gasteiger partial charge is 0.462 e. The van der Waals surface area contributed by atoms with Crippen LogP contribution in [-0.4, -0.2) is 23.3 Å². The summed E-state index contributed by atoms with van der Waals surface area (Å²) in [5, 5.41) is 9.93. The van der Waals surface area contributed by atoms with Crippen LogP contribution in [0.2, 0.25) is 0 Å². The Balaban J connectivity index is 1.89. The van der Waals surface area contributed by atoms with Crippen molar-refractivity contribution < 1.29 is 14.6 Å². The maximum atomic E-state index is 12.0. The second-order valence-corrected chi connectivity index (χ2v) is 9.07. The molecular weight excluding hydrogens is 360 g/mol. The van der Waals surface area contributed by atoms with E-state index in [9.17, 15) is 9.90 Å². The Morgan fingerprint density at radius 2 is 1.72 bits per heavy atom. The molecule has 2 atom stereocenters. The van der Waals surface area contributed by atoms with Gasteiger partial charge in [-0.3, -0.25) is 4.79 Å². The number of ether oxygens (including phenoxy) is 1. The molecular formula is C26H48O3. The Hall–Kier alpha value is -0.830. The first-order valence-corrected chi connectivity index (χ1v) is 12.7. The molecule has 1 rings (SSSR count). The summed E-state index contributed by atoms with van der Waals surface area (Å²) >= 11 is 0. The van der Waals surface area contributed by atoms with Gasteiger partial charge in [-0.1, -0.05) is 90.2 Å². The third-order valence-electron chi connectivity index (χ3n) is 6.29. The molecule has 0 heterocycles. The van der Waals surface area contributed by atoms with Gasteiger partial charge in [-0.2, -0.15) is 0 Å². The zero-order valence-electron chi connectivity index (χ0n) is 19.4. The van der Waals surface area contributed by atoms with Crippen molar-refractivity contribution in [2.45, 2.75) is 142 Å². The summed E-state index contributed by atoms with van der Waals surface area (Å²) in [7, 11) is 0. The predicted molar refractivity (Wildman–Crippen MR) is 123 cm³/mol. The molecule has 0 aromatic rings. The van der Waals surface area contributed by atoms with E-state index in [2.05, 4.69) is 26.0 Å². The summed E-state index contributed by atoms with van der Waals surface area (Å²) < 4.78 is 5.67. The van der Waals surface area contributed by atoms with Gasteiger partial charge in [0.2, 0.25) is 0 Å². The van der Waals surface area contributed by atoms with Gasteiger partial charge in [0.25, 0.3) is 0 Å². The van der Waals surface area contributed by atoms with Crippen LogP contribution in [0, 0.1) is 5.92 Å². The molecule has 0 saturated heterocycles. The first kappa shape index (κ1) is 26.2. The van der Waals surface area contributed by atoms with Crippen molar-refractivity contribution in [2.24, 2.45) is 5.92 Å². The van der Waals surface area contributed by atoms with E-state index in [4.69, 9.17) is 4.74 Å². The fourth-order valence-electron chi connectivity index (χ4n) is 4.00. The van der Waals surface area contributed by atoms with Crippen molar-refractivity contribution in [3.05, 3.63) is 12.2 Å². The second-order valence-electron chi connectivity index (χ2n) is 9.07. The lowest BCUT2D eigenvalue weighted by Gasteiger charge is -2.29. The van der Waals surface area contributed by atoms with Crippen molar-refractivity contribution in [3.63, 3.8) is 0 Å². The van der Waals surface area contributed by atoms with Gasteiger partial charge >= 0.3 is 5.97 Å². The number of carbonyl (C=O) groups is 1. The SMILES string of the molecule is CCCCCCC(O)C/C=C\CCCCCCCC(=O)OC(CC)CC1CCC1. The number of aliphatic hydroxyl groups excluding tert-OH is 1. The second kappa shape index (κ2) is 18.0. The summed E-state index contributed by atoms with van der Waals surface area (Å²) in [5.41, 5.74) is 0. The van der Waals surface area contributed by atoms with Crippen LogP contribution in [0.15, 0.2) is 12.2 Å². The first-order chi connectivity index (χ1) is 14.2. The molecule has 0 aromatic carbocycles. The van der Waals surface area contributed by atoms with Crippen LogP contribution in [0.4, 0.5) is 0 Å². The maximum absolute atomic E-state index is 12.0. The molecule has 1 aliphatic carbocycles. The Kier molecular flexibility index (Phi) is 16.2. The lowest BCUT2D eigenvalue weighted by atomic mass is 9.81. The number of hydrogen-bond acceptors (Lipinski definition) is 3. The van der Waals surface area contributed by atoms with Crippen LogP contribution < -0.4 is 0 Å². The minimum atomic E-state index is -0.163. The van der Waals surface area contributed by atoms with Crippen LogP contribution in [0.1, 0.15) is 129 Å². The quantitative estimate of drug-likeness (QED) is 0.137. The van der Waals surface area contributed by atoms with Crippen LogP contribution in [0.25, 0.3) is 0 Å². The molecule has 3 nitrogen and oxygen atoms in total. The number of aliphatic hydroxyl groups is 1. The summed E-state index contributed by atoms with van der Waals surface area (Å²) in [4.78, 5) is 12.0. The van der Waals surface area contributed by atoms with Crippen molar-refractivity contribution in [3.8, 4) is 0 Å². The van der Waals surface area contributed by atoms with Crippen molar-refractivity contribution in [1.29, 1.82) is 0 Å². The summed E-state index contributed by atoms with van der Waals surface area (Å²) in [6.45, 7) is 4.34. The molecule has 1 fully saturated rings. The van der Waals surface area contributed by atoms with Gasteiger partial charge in [-0.25, -0.2) is 0 Å². The molecule has 29 heavy (non-hydrogen) atoms. The van der Waals surface area contributed by atoms with Gasteiger partial charge in [0, 0.05) is 6.42 Å². The van der Waals surface area contributed by atoms with E-state index < -0.39 is 0 Å². The summed E-state index contributed by atoms with van der Waals surface area (Å²) in [6, 6.07) is 0. The average Bonchev–Trinajstić information content (AvgIpc) is 2.68. The Bertz CT molecular complexity index is 414. The van der Waals surface area contributed by atoms with Gasteiger partial charge in [-0.05, 0) is 50.9 Å². The normalized spacial score (nSPS) is 16.7. The Labute approximate surface area is 180 Å². The van der Waals surface area contributed by atoms with E-state index in [0.717, 1.165) is 57.3 Å². The van der Waals surface area contributed by atoms with Gasteiger partial charge in [-0.15, -0.1) is 0 Å². The number of hydrogen-bond donors (Lipinski definition) is 1. The molecule has 1 aliphatic rings. The number of esters is 1. The highest BCUT2D eigenvalue weighted by atomic mass is 16.5. The minimum absolute atomic E-state index is 0.00681. The number of allylic oxidation sites excluding steroid dienone is 1. The average molecular weight is 409 g/mol. The van der Waals surface area contributed by atoms with E-state index in [-0.39, 0.29) is 18.2 Å². The third kappa shape index (κ3) is 14.7. The Morgan fingerprint density at radius 3 is 2.41 bits per heavy atom. The lowest BCUT2D eigenvalue weighted by Crippen LogP contribution is -2.24. The van der Waals surface area contributed by atoms with Gasteiger partial charge in [0.1, 0.15) is 6.10 Å². The number of carbonyl (C=O) groups excluding carboxylic acids is 1. The highest BCUT2D eigenvalue weighted by Crippen LogP contribution is 2.32. The summed E-state index contributed by atoms with van der Waals surface area (Å²) in [6.07, 6.45) is 24.4. The van der Waals surface area contributed by atoms with Crippen LogP contribution in [-0.2, 0) is 9.53 Å². The minimum Gasteiger partial charge on any atom is -0.462 e. The fraction of sp³-hybridized carbons (Fsp3) is 0.885. The standard InChI is InChI=1S/C26H48O3/c1-3-5-6-13-19-24(27)20-14-11-9-7-8-10-12-15-21-26(28)29-25(4-2)22-23-17-16-18-23/h11,14,23-25,27H,3-10,12-13,15-22H2,1-2H3/b14-11-.